The van der Waals surface area contributed by atoms with Crippen molar-refractivity contribution in [3.05, 3.63) is 59.7 Å². The zero-order valence-corrected chi connectivity index (χ0v) is 16.5. The normalized spacial score (nSPS) is 15.5. The number of ether oxygens (including phenoxy) is 1. The molecule has 1 saturated carbocycles. The Labute approximate surface area is 166 Å². The number of benzene rings is 2. The zero-order valence-electron chi connectivity index (χ0n) is 16.5. The van der Waals surface area contributed by atoms with Crippen molar-refractivity contribution in [2.45, 2.75) is 58.1 Å². The molecule has 1 aliphatic rings. The molecule has 3 rings (SSSR count). The first-order chi connectivity index (χ1) is 13.5. The van der Waals surface area contributed by atoms with Crippen molar-refractivity contribution in [1.29, 1.82) is 0 Å². The predicted octanol–water partition coefficient (Wildman–Crippen LogP) is 4.46. The standard InChI is InChI=1S/C23H28N2O3/c1-16-10-6-9-15-21(16)28-17(2)22(26)25-20-14-8-7-13-19(20)23(27)24-18-11-4-3-5-12-18/h6-10,13-15,17-18H,3-5,11-12H2,1-2H3,(H,24,27)(H,25,26)/t17-/m1/s1. The maximum absolute atomic E-state index is 12.7. The van der Waals surface area contributed by atoms with Crippen LogP contribution in [-0.2, 0) is 4.79 Å². The highest BCUT2D eigenvalue weighted by atomic mass is 16.5. The number of para-hydroxylation sites is 2. The molecular formula is C23H28N2O3. The Kier molecular flexibility index (Phi) is 6.69. The third-order valence-corrected chi connectivity index (χ3v) is 5.14. The van der Waals surface area contributed by atoms with Gasteiger partial charge in [0, 0.05) is 6.04 Å². The van der Waals surface area contributed by atoms with Gasteiger partial charge in [-0.2, -0.15) is 0 Å². The highest BCUT2D eigenvalue weighted by Gasteiger charge is 2.21. The summed E-state index contributed by atoms with van der Waals surface area (Å²) in [6.07, 6.45) is 4.88. The fourth-order valence-electron chi connectivity index (χ4n) is 3.47. The second kappa shape index (κ2) is 9.40. The number of anilines is 1. The summed E-state index contributed by atoms with van der Waals surface area (Å²) >= 11 is 0. The number of nitrogens with one attached hydrogen (secondary N) is 2. The minimum atomic E-state index is -0.685. The van der Waals surface area contributed by atoms with E-state index in [1.54, 1.807) is 31.2 Å². The first-order valence-corrected chi connectivity index (χ1v) is 9.97. The van der Waals surface area contributed by atoms with Crippen LogP contribution in [0.4, 0.5) is 5.69 Å². The quantitative estimate of drug-likeness (QED) is 0.777. The molecule has 1 atom stereocenters. The number of carbonyl (C=O) groups excluding carboxylic acids is 2. The molecule has 2 N–H and O–H groups in total. The maximum Gasteiger partial charge on any atom is 0.265 e. The first kappa shape index (κ1) is 19.9. The Bertz CT molecular complexity index is 828. The van der Waals surface area contributed by atoms with E-state index in [1.807, 2.05) is 31.2 Å². The van der Waals surface area contributed by atoms with Gasteiger partial charge in [0.1, 0.15) is 5.75 Å². The number of carbonyl (C=O) groups is 2. The fourth-order valence-corrected chi connectivity index (χ4v) is 3.47. The Morgan fingerprint density at radius 2 is 1.68 bits per heavy atom. The van der Waals surface area contributed by atoms with Crippen molar-refractivity contribution in [3.8, 4) is 5.75 Å². The smallest absolute Gasteiger partial charge is 0.265 e. The van der Waals surface area contributed by atoms with E-state index in [9.17, 15) is 9.59 Å². The van der Waals surface area contributed by atoms with Gasteiger partial charge in [0.15, 0.2) is 6.10 Å². The fraction of sp³-hybridized carbons (Fsp3) is 0.391. The topological polar surface area (TPSA) is 67.4 Å². The molecule has 0 spiro atoms. The van der Waals surface area contributed by atoms with Crippen LogP contribution in [0.15, 0.2) is 48.5 Å². The Morgan fingerprint density at radius 3 is 2.43 bits per heavy atom. The molecule has 0 heterocycles. The van der Waals surface area contributed by atoms with Gasteiger partial charge in [-0.3, -0.25) is 9.59 Å². The third-order valence-electron chi connectivity index (χ3n) is 5.14. The largest absolute Gasteiger partial charge is 0.481 e. The summed E-state index contributed by atoms with van der Waals surface area (Å²) in [7, 11) is 0. The Hall–Kier alpha value is -2.82. The van der Waals surface area contributed by atoms with Crippen LogP contribution in [0.3, 0.4) is 0 Å². The molecule has 5 nitrogen and oxygen atoms in total. The Balaban J connectivity index is 1.65. The van der Waals surface area contributed by atoms with Crippen LogP contribution in [0.5, 0.6) is 5.75 Å². The maximum atomic E-state index is 12.7. The molecule has 5 heteroatoms. The minimum Gasteiger partial charge on any atom is -0.481 e. The first-order valence-electron chi connectivity index (χ1n) is 9.97. The van der Waals surface area contributed by atoms with Gasteiger partial charge in [0.25, 0.3) is 11.8 Å². The molecule has 0 bridgehead atoms. The summed E-state index contributed by atoms with van der Waals surface area (Å²) in [5.41, 5.74) is 1.94. The summed E-state index contributed by atoms with van der Waals surface area (Å²) in [6.45, 7) is 3.64. The van der Waals surface area contributed by atoms with Crippen LogP contribution < -0.4 is 15.4 Å². The van der Waals surface area contributed by atoms with E-state index < -0.39 is 6.10 Å². The van der Waals surface area contributed by atoms with Crippen LogP contribution >= 0.6 is 0 Å². The van der Waals surface area contributed by atoms with Gasteiger partial charge >= 0.3 is 0 Å². The third kappa shape index (κ3) is 5.12. The second-order valence-corrected chi connectivity index (χ2v) is 7.37. The number of hydrogen-bond donors (Lipinski definition) is 2. The molecule has 2 aromatic rings. The van der Waals surface area contributed by atoms with Crippen molar-refractivity contribution >= 4 is 17.5 Å². The van der Waals surface area contributed by atoms with Crippen LogP contribution in [0.25, 0.3) is 0 Å². The van der Waals surface area contributed by atoms with E-state index in [4.69, 9.17) is 4.74 Å². The van der Waals surface area contributed by atoms with E-state index in [-0.39, 0.29) is 17.9 Å². The van der Waals surface area contributed by atoms with Gasteiger partial charge in [-0.05, 0) is 50.5 Å². The van der Waals surface area contributed by atoms with Crippen molar-refractivity contribution < 1.29 is 14.3 Å². The molecule has 1 fully saturated rings. The molecule has 1 aliphatic carbocycles. The van der Waals surface area contributed by atoms with Crippen molar-refractivity contribution in [1.82, 2.24) is 5.32 Å². The van der Waals surface area contributed by atoms with E-state index >= 15 is 0 Å². The van der Waals surface area contributed by atoms with E-state index in [0.29, 0.717) is 17.0 Å². The Morgan fingerprint density at radius 1 is 1.00 bits per heavy atom. The molecule has 2 amide bonds. The van der Waals surface area contributed by atoms with Crippen LogP contribution in [0.2, 0.25) is 0 Å². The molecule has 2 aromatic carbocycles. The average molecular weight is 380 g/mol. The lowest BCUT2D eigenvalue weighted by Crippen LogP contribution is -2.37. The zero-order chi connectivity index (χ0) is 19.9. The lowest BCUT2D eigenvalue weighted by atomic mass is 9.95. The lowest BCUT2D eigenvalue weighted by Gasteiger charge is -2.23. The highest BCUT2D eigenvalue weighted by molar-refractivity contribution is 6.04. The van der Waals surface area contributed by atoms with Crippen molar-refractivity contribution in [2.75, 3.05) is 5.32 Å². The number of aryl methyl sites for hydroxylation is 1. The van der Waals surface area contributed by atoms with Crippen LogP contribution in [0, 0.1) is 6.92 Å². The number of rotatable bonds is 6. The highest BCUT2D eigenvalue weighted by Crippen LogP contribution is 2.21. The number of hydrogen-bond acceptors (Lipinski definition) is 3. The summed E-state index contributed by atoms with van der Waals surface area (Å²) in [6, 6.07) is 14.9. The van der Waals surface area contributed by atoms with Crippen molar-refractivity contribution in [2.24, 2.45) is 0 Å². The van der Waals surface area contributed by atoms with E-state index in [0.717, 1.165) is 31.2 Å². The molecule has 0 radical (unpaired) electrons. The lowest BCUT2D eigenvalue weighted by molar-refractivity contribution is -0.122. The van der Waals surface area contributed by atoms with Gasteiger partial charge in [-0.15, -0.1) is 0 Å². The molecule has 0 unspecified atom stereocenters. The monoisotopic (exact) mass is 380 g/mol. The molecule has 0 aliphatic heterocycles. The predicted molar refractivity (Wildman–Crippen MR) is 111 cm³/mol. The van der Waals surface area contributed by atoms with Gasteiger partial charge in [-0.1, -0.05) is 49.6 Å². The second-order valence-electron chi connectivity index (χ2n) is 7.37. The van der Waals surface area contributed by atoms with Crippen LogP contribution in [-0.4, -0.2) is 24.0 Å². The number of amides is 2. The molecular weight excluding hydrogens is 352 g/mol. The van der Waals surface area contributed by atoms with Crippen LogP contribution in [0.1, 0.15) is 54.9 Å². The molecule has 28 heavy (non-hydrogen) atoms. The minimum absolute atomic E-state index is 0.143. The molecule has 0 saturated heterocycles. The summed E-state index contributed by atoms with van der Waals surface area (Å²) in [5, 5.41) is 5.95. The van der Waals surface area contributed by atoms with Crippen molar-refractivity contribution in [3.63, 3.8) is 0 Å². The summed E-state index contributed by atoms with van der Waals surface area (Å²) in [5.74, 6) is 0.241. The van der Waals surface area contributed by atoms with E-state index in [2.05, 4.69) is 10.6 Å². The molecule has 148 valence electrons. The molecule has 0 aromatic heterocycles. The average Bonchev–Trinajstić information content (AvgIpc) is 2.70. The van der Waals surface area contributed by atoms with Gasteiger partial charge in [0.05, 0.1) is 11.3 Å². The van der Waals surface area contributed by atoms with Gasteiger partial charge in [-0.25, -0.2) is 0 Å². The SMILES string of the molecule is Cc1ccccc1O[C@H](C)C(=O)Nc1ccccc1C(=O)NC1CCCCC1. The summed E-state index contributed by atoms with van der Waals surface area (Å²) < 4.78 is 5.79. The summed E-state index contributed by atoms with van der Waals surface area (Å²) in [4.78, 5) is 25.4. The van der Waals surface area contributed by atoms with Gasteiger partial charge in [0.2, 0.25) is 0 Å². The van der Waals surface area contributed by atoms with Gasteiger partial charge < -0.3 is 15.4 Å². The van der Waals surface area contributed by atoms with E-state index in [1.165, 1.54) is 6.42 Å².